The van der Waals surface area contributed by atoms with Crippen LogP contribution in [0.4, 0.5) is 0 Å². The Bertz CT molecular complexity index is 732. The zero-order valence-electron chi connectivity index (χ0n) is 16.9. The van der Waals surface area contributed by atoms with Crippen molar-refractivity contribution in [3.8, 4) is 5.75 Å². The summed E-state index contributed by atoms with van der Waals surface area (Å²) in [4.78, 5) is 14.5. The van der Waals surface area contributed by atoms with E-state index in [9.17, 15) is 4.79 Å². The number of carbonyl (C=O) groups is 1. The maximum absolute atomic E-state index is 12.5. The van der Waals surface area contributed by atoms with Crippen LogP contribution in [0.3, 0.4) is 0 Å². The van der Waals surface area contributed by atoms with E-state index < -0.39 is 0 Å². The summed E-state index contributed by atoms with van der Waals surface area (Å²) in [5, 5.41) is 0. The van der Waals surface area contributed by atoms with E-state index in [4.69, 9.17) is 15.2 Å². The summed E-state index contributed by atoms with van der Waals surface area (Å²) in [6.45, 7) is 9.87. The van der Waals surface area contributed by atoms with Crippen LogP contribution < -0.4 is 10.5 Å². The molecule has 0 unspecified atom stereocenters. The van der Waals surface area contributed by atoms with Gasteiger partial charge in [0, 0.05) is 30.5 Å². The minimum Gasteiger partial charge on any atom is -0.487 e. The van der Waals surface area contributed by atoms with E-state index in [1.165, 1.54) is 11.1 Å². The van der Waals surface area contributed by atoms with Crippen molar-refractivity contribution >= 4 is 5.91 Å². The maximum atomic E-state index is 12.5. The van der Waals surface area contributed by atoms with Gasteiger partial charge in [-0.15, -0.1) is 0 Å². The van der Waals surface area contributed by atoms with Crippen molar-refractivity contribution in [3.05, 3.63) is 29.3 Å². The Morgan fingerprint density at radius 1 is 1.41 bits per heavy atom. The van der Waals surface area contributed by atoms with E-state index in [-0.39, 0.29) is 35.7 Å². The van der Waals surface area contributed by atoms with E-state index >= 15 is 0 Å². The van der Waals surface area contributed by atoms with E-state index in [0.29, 0.717) is 12.3 Å². The molecule has 0 aromatic heterocycles. The molecule has 2 saturated heterocycles. The van der Waals surface area contributed by atoms with Gasteiger partial charge in [0.1, 0.15) is 11.4 Å². The first kappa shape index (κ1) is 18.8. The quantitative estimate of drug-likeness (QED) is 0.866. The van der Waals surface area contributed by atoms with Crippen molar-refractivity contribution in [1.29, 1.82) is 0 Å². The Morgan fingerprint density at radius 2 is 2.19 bits per heavy atom. The molecule has 2 fully saturated rings. The standard InChI is InChI=1S/C22H32N2O3/c1-5-17(23)21(25)24-9-8-18-14(12-24)11-16-20(26-18)15-7-6-13(2)10-19(15)27-22(16,3)4/h6-7,10,14,16-18,20H,5,8-9,11-12,23H2,1-4H3/t14-,16+,17-,18+,20-/m1/s1. The van der Waals surface area contributed by atoms with Gasteiger partial charge in [-0.2, -0.15) is 0 Å². The maximum Gasteiger partial charge on any atom is 0.239 e. The predicted octanol–water partition coefficient (Wildman–Crippen LogP) is 3.20. The molecule has 1 amide bonds. The lowest BCUT2D eigenvalue weighted by molar-refractivity contribution is -0.189. The number of hydrogen-bond donors (Lipinski definition) is 1. The number of rotatable bonds is 2. The van der Waals surface area contributed by atoms with Gasteiger partial charge in [0.2, 0.25) is 5.91 Å². The van der Waals surface area contributed by atoms with Crippen LogP contribution in [-0.4, -0.2) is 41.6 Å². The molecule has 5 heteroatoms. The fourth-order valence-electron chi connectivity index (χ4n) is 5.02. The molecule has 0 spiro atoms. The van der Waals surface area contributed by atoms with Gasteiger partial charge < -0.3 is 20.1 Å². The molecule has 1 aromatic rings. The Labute approximate surface area is 162 Å². The predicted molar refractivity (Wildman–Crippen MR) is 105 cm³/mol. The Kier molecular flexibility index (Phi) is 4.71. The highest BCUT2D eigenvalue weighted by Crippen LogP contribution is 2.53. The lowest BCUT2D eigenvalue weighted by atomic mass is 9.70. The molecule has 0 radical (unpaired) electrons. The molecule has 27 heavy (non-hydrogen) atoms. The van der Waals surface area contributed by atoms with Crippen molar-refractivity contribution in [1.82, 2.24) is 4.90 Å². The molecule has 2 N–H and O–H groups in total. The number of nitrogens with zero attached hydrogens (tertiary/aromatic N) is 1. The second kappa shape index (κ2) is 6.78. The molecule has 4 rings (SSSR count). The van der Waals surface area contributed by atoms with Gasteiger partial charge in [-0.3, -0.25) is 4.79 Å². The van der Waals surface area contributed by atoms with Crippen molar-refractivity contribution in [2.45, 2.75) is 70.8 Å². The molecule has 0 saturated carbocycles. The second-order valence-corrected chi connectivity index (χ2v) is 9.03. The van der Waals surface area contributed by atoms with Crippen molar-refractivity contribution < 1.29 is 14.3 Å². The van der Waals surface area contributed by atoms with Gasteiger partial charge in [-0.25, -0.2) is 0 Å². The van der Waals surface area contributed by atoms with Gasteiger partial charge in [0.15, 0.2) is 0 Å². The molecular formula is C22H32N2O3. The third-order valence-corrected chi connectivity index (χ3v) is 6.72. The summed E-state index contributed by atoms with van der Waals surface area (Å²) in [5.74, 6) is 1.67. The molecule has 0 bridgehead atoms. The highest BCUT2D eigenvalue weighted by Gasteiger charge is 2.51. The lowest BCUT2D eigenvalue weighted by Gasteiger charge is -2.53. The Balaban J connectivity index is 1.57. The number of likely N-dealkylation sites (tertiary alicyclic amines) is 1. The summed E-state index contributed by atoms with van der Waals surface area (Å²) >= 11 is 0. The number of nitrogens with two attached hydrogens (primary N) is 1. The van der Waals surface area contributed by atoms with Gasteiger partial charge in [0.05, 0.1) is 18.2 Å². The van der Waals surface area contributed by atoms with Crippen LogP contribution in [-0.2, 0) is 9.53 Å². The van der Waals surface area contributed by atoms with Gasteiger partial charge in [0.25, 0.3) is 0 Å². The van der Waals surface area contributed by atoms with Crippen LogP contribution in [0.25, 0.3) is 0 Å². The van der Waals surface area contributed by atoms with E-state index in [1.807, 2.05) is 11.8 Å². The summed E-state index contributed by atoms with van der Waals surface area (Å²) in [5.41, 5.74) is 8.08. The first-order valence-electron chi connectivity index (χ1n) is 10.3. The van der Waals surface area contributed by atoms with Crippen LogP contribution in [0.1, 0.15) is 57.3 Å². The number of piperidine rings is 1. The molecule has 1 aromatic carbocycles. The first-order valence-corrected chi connectivity index (χ1v) is 10.3. The fraction of sp³-hybridized carbons (Fsp3) is 0.682. The largest absolute Gasteiger partial charge is 0.487 e. The number of amides is 1. The van der Waals surface area contributed by atoms with E-state index in [2.05, 4.69) is 39.0 Å². The zero-order valence-corrected chi connectivity index (χ0v) is 16.9. The highest BCUT2D eigenvalue weighted by molar-refractivity contribution is 5.81. The molecule has 5 nitrogen and oxygen atoms in total. The van der Waals surface area contributed by atoms with Crippen molar-refractivity contribution in [2.24, 2.45) is 17.6 Å². The monoisotopic (exact) mass is 372 g/mol. The normalized spacial score (nSPS) is 32.6. The van der Waals surface area contributed by atoms with Gasteiger partial charge in [-0.1, -0.05) is 19.1 Å². The van der Waals surface area contributed by atoms with Crippen LogP contribution in [0.15, 0.2) is 18.2 Å². The minimum absolute atomic E-state index is 0.0748. The Hall–Kier alpha value is -1.59. The minimum atomic E-state index is -0.386. The van der Waals surface area contributed by atoms with Gasteiger partial charge >= 0.3 is 0 Å². The molecule has 5 atom stereocenters. The van der Waals surface area contributed by atoms with Crippen LogP contribution in [0.5, 0.6) is 5.75 Å². The number of carbonyl (C=O) groups excluding carboxylic acids is 1. The second-order valence-electron chi connectivity index (χ2n) is 9.03. The van der Waals surface area contributed by atoms with Crippen molar-refractivity contribution in [3.63, 3.8) is 0 Å². The average molecular weight is 373 g/mol. The molecular weight excluding hydrogens is 340 g/mol. The van der Waals surface area contributed by atoms with Crippen LogP contribution in [0, 0.1) is 18.8 Å². The SMILES string of the molecule is CC[C@@H](N)C(=O)N1CC[C@@H]2O[C@@H]3c4ccc(C)cc4OC(C)(C)[C@H]3C[C@@H]2C1. The number of aryl methyl sites for hydroxylation is 1. The van der Waals surface area contributed by atoms with E-state index in [0.717, 1.165) is 31.7 Å². The summed E-state index contributed by atoms with van der Waals surface area (Å²) in [7, 11) is 0. The summed E-state index contributed by atoms with van der Waals surface area (Å²) in [6, 6.07) is 6.04. The number of ether oxygens (including phenoxy) is 2. The topological polar surface area (TPSA) is 64.8 Å². The molecule has 148 valence electrons. The third-order valence-electron chi connectivity index (χ3n) is 6.72. The molecule has 0 aliphatic carbocycles. The Morgan fingerprint density at radius 3 is 2.93 bits per heavy atom. The van der Waals surface area contributed by atoms with Crippen molar-refractivity contribution in [2.75, 3.05) is 13.1 Å². The summed E-state index contributed by atoms with van der Waals surface area (Å²) in [6.07, 6.45) is 2.86. The van der Waals surface area contributed by atoms with Crippen LogP contribution in [0.2, 0.25) is 0 Å². The number of fused-ring (bicyclic) bond motifs is 4. The average Bonchev–Trinajstić information content (AvgIpc) is 2.64. The first-order chi connectivity index (χ1) is 12.8. The highest BCUT2D eigenvalue weighted by atomic mass is 16.5. The zero-order chi connectivity index (χ0) is 19.3. The van der Waals surface area contributed by atoms with E-state index in [1.54, 1.807) is 0 Å². The smallest absolute Gasteiger partial charge is 0.239 e. The molecule has 3 aliphatic rings. The molecule has 3 aliphatic heterocycles. The lowest BCUT2D eigenvalue weighted by Crippen LogP contribution is -2.57. The van der Waals surface area contributed by atoms with Crippen LogP contribution >= 0.6 is 0 Å². The van der Waals surface area contributed by atoms with Gasteiger partial charge in [-0.05, 0) is 51.7 Å². The summed E-state index contributed by atoms with van der Waals surface area (Å²) < 4.78 is 13.1. The molecule has 3 heterocycles. The fourth-order valence-corrected chi connectivity index (χ4v) is 5.02. The third kappa shape index (κ3) is 3.25. The number of benzene rings is 1. The number of hydrogen-bond acceptors (Lipinski definition) is 4.